The summed E-state index contributed by atoms with van der Waals surface area (Å²) in [6, 6.07) is 4.13. The summed E-state index contributed by atoms with van der Waals surface area (Å²) in [5, 5.41) is 5.98. The average Bonchev–Trinajstić information content (AvgIpc) is 2.75. The van der Waals surface area contributed by atoms with Gasteiger partial charge in [0.15, 0.2) is 0 Å². The van der Waals surface area contributed by atoms with E-state index >= 15 is 0 Å². The number of hydrogen-bond donors (Lipinski definition) is 2. The van der Waals surface area contributed by atoms with Gasteiger partial charge in [0, 0.05) is 49.5 Å². The molecule has 2 fully saturated rings. The minimum absolute atomic E-state index is 0.121. The van der Waals surface area contributed by atoms with Crippen LogP contribution in [-0.2, 0) is 11.3 Å². The number of likely N-dealkylation sites (tertiary alicyclic amines) is 2. The van der Waals surface area contributed by atoms with Crippen LogP contribution in [0.5, 0.6) is 0 Å². The van der Waals surface area contributed by atoms with Crippen LogP contribution in [0.4, 0.5) is 4.79 Å². The van der Waals surface area contributed by atoms with Crippen molar-refractivity contribution in [1.82, 2.24) is 25.4 Å². The number of amides is 3. The van der Waals surface area contributed by atoms with Gasteiger partial charge in [0.25, 0.3) is 0 Å². The van der Waals surface area contributed by atoms with Crippen molar-refractivity contribution in [2.75, 3.05) is 26.2 Å². The molecule has 7 heteroatoms. The molecule has 3 heterocycles. The van der Waals surface area contributed by atoms with Gasteiger partial charge >= 0.3 is 6.03 Å². The van der Waals surface area contributed by atoms with Gasteiger partial charge in [-0.3, -0.25) is 14.7 Å². The Balaban J connectivity index is 0.00000166. The first-order chi connectivity index (χ1) is 14.8. The van der Waals surface area contributed by atoms with Crippen LogP contribution in [0.15, 0.2) is 24.5 Å². The highest BCUT2D eigenvalue weighted by atomic mass is 16.2. The maximum absolute atomic E-state index is 12.9. The SMILES string of the molecule is CC.CC(C)(C)NC(=O)NC1CCN(C(=O)C2CCN(Cc3ccncc3)CC2)CC1. The van der Waals surface area contributed by atoms with E-state index in [1.165, 1.54) is 5.56 Å². The van der Waals surface area contributed by atoms with Crippen LogP contribution in [0.25, 0.3) is 0 Å². The largest absolute Gasteiger partial charge is 0.342 e. The summed E-state index contributed by atoms with van der Waals surface area (Å²) in [5.41, 5.74) is 1.03. The molecule has 0 unspecified atom stereocenters. The molecule has 174 valence electrons. The molecule has 0 bridgehead atoms. The van der Waals surface area contributed by atoms with Crippen molar-refractivity contribution in [3.8, 4) is 0 Å². The van der Waals surface area contributed by atoms with Gasteiger partial charge < -0.3 is 15.5 Å². The summed E-state index contributed by atoms with van der Waals surface area (Å²) < 4.78 is 0. The van der Waals surface area contributed by atoms with E-state index in [4.69, 9.17) is 0 Å². The normalized spacial score (nSPS) is 18.7. The number of piperidine rings is 2. The number of urea groups is 1. The highest BCUT2D eigenvalue weighted by Crippen LogP contribution is 2.23. The van der Waals surface area contributed by atoms with E-state index < -0.39 is 0 Å². The maximum atomic E-state index is 12.9. The molecule has 0 atom stereocenters. The summed E-state index contributed by atoms with van der Waals surface area (Å²) in [4.78, 5) is 33.5. The molecule has 2 saturated heterocycles. The van der Waals surface area contributed by atoms with Gasteiger partial charge in [-0.25, -0.2) is 4.79 Å². The Morgan fingerprint density at radius 1 is 1.00 bits per heavy atom. The van der Waals surface area contributed by atoms with Gasteiger partial charge in [-0.2, -0.15) is 0 Å². The standard InChI is InChI=1S/C22H35N5O2.C2H6/c1-22(2,3)25-21(29)24-19-8-14-27(15-9-19)20(28)18-6-12-26(13-7-18)16-17-4-10-23-11-5-17;1-2/h4-5,10-11,18-19H,6-9,12-16H2,1-3H3,(H2,24,25,29);1-2H3. The zero-order chi connectivity index (χ0) is 22.9. The highest BCUT2D eigenvalue weighted by molar-refractivity contribution is 5.79. The third kappa shape index (κ3) is 8.48. The quantitative estimate of drug-likeness (QED) is 0.766. The average molecular weight is 432 g/mol. The minimum atomic E-state index is -0.243. The van der Waals surface area contributed by atoms with Crippen molar-refractivity contribution in [2.24, 2.45) is 5.92 Å². The predicted octanol–water partition coefficient (Wildman–Crippen LogP) is 3.41. The molecule has 7 nitrogen and oxygen atoms in total. The summed E-state index contributed by atoms with van der Waals surface area (Å²) in [6.07, 6.45) is 7.16. The fourth-order valence-corrected chi connectivity index (χ4v) is 4.15. The topological polar surface area (TPSA) is 77.6 Å². The number of rotatable bonds is 4. The first kappa shape index (κ1) is 25.1. The Labute approximate surface area is 188 Å². The van der Waals surface area contributed by atoms with E-state index in [-0.39, 0.29) is 23.5 Å². The smallest absolute Gasteiger partial charge is 0.315 e. The molecule has 0 saturated carbocycles. The van der Waals surface area contributed by atoms with Crippen LogP contribution in [0.2, 0.25) is 0 Å². The van der Waals surface area contributed by atoms with Crippen molar-refractivity contribution in [1.29, 1.82) is 0 Å². The van der Waals surface area contributed by atoms with Gasteiger partial charge in [-0.15, -0.1) is 0 Å². The lowest BCUT2D eigenvalue weighted by Crippen LogP contribution is -2.53. The van der Waals surface area contributed by atoms with E-state index in [0.29, 0.717) is 5.91 Å². The number of aromatic nitrogens is 1. The lowest BCUT2D eigenvalue weighted by molar-refractivity contribution is -0.138. The molecule has 3 rings (SSSR count). The third-order valence-corrected chi connectivity index (χ3v) is 5.72. The number of carbonyl (C=O) groups excluding carboxylic acids is 2. The number of hydrogen-bond acceptors (Lipinski definition) is 4. The van der Waals surface area contributed by atoms with Crippen LogP contribution < -0.4 is 10.6 Å². The Kier molecular flexibility index (Phi) is 9.75. The van der Waals surface area contributed by atoms with Gasteiger partial charge in [0.1, 0.15) is 0 Å². The van der Waals surface area contributed by atoms with Crippen molar-refractivity contribution in [2.45, 2.75) is 78.4 Å². The second-order valence-corrected chi connectivity index (χ2v) is 9.35. The highest BCUT2D eigenvalue weighted by Gasteiger charge is 2.31. The van der Waals surface area contributed by atoms with Gasteiger partial charge in [-0.05, 0) is 77.2 Å². The summed E-state index contributed by atoms with van der Waals surface area (Å²) in [5.74, 6) is 0.434. The zero-order valence-corrected chi connectivity index (χ0v) is 20.0. The van der Waals surface area contributed by atoms with Crippen molar-refractivity contribution >= 4 is 11.9 Å². The number of carbonyl (C=O) groups is 2. The molecule has 0 spiro atoms. The molecule has 0 radical (unpaired) electrons. The lowest BCUT2D eigenvalue weighted by Gasteiger charge is -2.37. The first-order valence-corrected chi connectivity index (χ1v) is 11.8. The van der Waals surface area contributed by atoms with Gasteiger partial charge in [0.05, 0.1) is 0 Å². The third-order valence-electron chi connectivity index (χ3n) is 5.72. The van der Waals surface area contributed by atoms with Crippen molar-refractivity contribution < 1.29 is 9.59 Å². The molecular formula is C24H41N5O2. The molecule has 0 aromatic carbocycles. The fourth-order valence-electron chi connectivity index (χ4n) is 4.15. The van der Waals surface area contributed by atoms with E-state index in [9.17, 15) is 9.59 Å². The molecule has 0 aliphatic carbocycles. The van der Waals surface area contributed by atoms with Crippen molar-refractivity contribution in [3.05, 3.63) is 30.1 Å². The molecule has 1 aromatic rings. The van der Waals surface area contributed by atoms with Crippen molar-refractivity contribution in [3.63, 3.8) is 0 Å². The molecule has 2 aliphatic rings. The van der Waals surface area contributed by atoms with E-state index in [2.05, 4.69) is 32.7 Å². The molecule has 2 aliphatic heterocycles. The maximum Gasteiger partial charge on any atom is 0.315 e. The lowest BCUT2D eigenvalue weighted by atomic mass is 9.93. The molecule has 31 heavy (non-hydrogen) atoms. The van der Waals surface area contributed by atoms with Gasteiger partial charge in [0.2, 0.25) is 5.91 Å². The Morgan fingerprint density at radius 2 is 1.58 bits per heavy atom. The van der Waals surface area contributed by atoms with Crippen LogP contribution in [0.3, 0.4) is 0 Å². The Bertz CT molecular complexity index is 673. The van der Waals surface area contributed by atoms with Crippen LogP contribution in [-0.4, -0.2) is 64.5 Å². The summed E-state index contributed by atoms with van der Waals surface area (Å²) >= 11 is 0. The Hall–Kier alpha value is -2.15. The van der Waals surface area contributed by atoms with Crippen LogP contribution in [0, 0.1) is 5.92 Å². The van der Waals surface area contributed by atoms with E-state index in [0.717, 1.165) is 58.4 Å². The minimum Gasteiger partial charge on any atom is -0.342 e. The first-order valence-electron chi connectivity index (χ1n) is 11.8. The fraction of sp³-hybridized carbons (Fsp3) is 0.708. The van der Waals surface area contributed by atoms with E-state index in [1.54, 1.807) is 0 Å². The van der Waals surface area contributed by atoms with Crippen LogP contribution in [0.1, 0.15) is 65.9 Å². The van der Waals surface area contributed by atoms with Gasteiger partial charge in [-0.1, -0.05) is 13.8 Å². The van der Waals surface area contributed by atoms with Crippen LogP contribution >= 0.6 is 0 Å². The Morgan fingerprint density at radius 3 is 2.13 bits per heavy atom. The number of nitrogens with one attached hydrogen (secondary N) is 2. The molecular weight excluding hydrogens is 390 g/mol. The molecule has 3 amide bonds. The monoisotopic (exact) mass is 431 g/mol. The zero-order valence-electron chi connectivity index (χ0n) is 20.0. The molecule has 2 N–H and O–H groups in total. The predicted molar refractivity (Wildman–Crippen MR) is 125 cm³/mol. The number of nitrogens with zero attached hydrogens (tertiary/aromatic N) is 3. The second kappa shape index (κ2) is 12.0. The number of pyridine rings is 1. The summed E-state index contributed by atoms with van der Waals surface area (Å²) in [6.45, 7) is 14.2. The van der Waals surface area contributed by atoms with E-state index in [1.807, 2.05) is 51.9 Å². The summed E-state index contributed by atoms with van der Waals surface area (Å²) in [7, 11) is 0. The molecule has 1 aromatic heterocycles. The second-order valence-electron chi connectivity index (χ2n) is 9.35.